The number of nitrogen functional groups attached to an aromatic ring is 1. The zero-order valence-corrected chi connectivity index (χ0v) is 9.37. The summed E-state index contributed by atoms with van der Waals surface area (Å²) in [6.45, 7) is 1.89. The van der Waals surface area contributed by atoms with Gasteiger partial charge in [-0.25, -0.2) is 13.8 Å². The lowest BCUT2D eigenvalue weighted by molar-refractivity contribution is 0.603. The number of anilines is 1. The normalized spacial score (nSPS) is 10.5. The Bertz CT molecular complexity index is 553. The standard InChI is InChI=1S/C13H12F2N2/c1-2-12-9(4-6-13(16)17-12)10-7-8(14)3-5-11(10)15/h3-7H,2H2,1H3,(H2,16,17). The molecule has 2 nitrogen and oxygen atoms in total. The molecular weight excluding hydrogens is 222 g/mol. The van der Waals surface area contributed by atoms with Gasteiger partial charge in [-0.1, -0.05) is 6.92 Å². The van der Waals surface area contributed by atoms with E-state index in [-0.39, 0.29) is 5.56 Å². The average Bonchev–Trinajstić information content (AvgIpc) is 2.32. The number of aromatic nitrogens is 1. The van der Waals surface area contributed by atoms with E-state index >= 15 is 0 Å². The molecule has 1 aromatic carbocycles. The smallest absolute Gasteiger partial charge is 0.131 e. The Balaban J connectivity index is 2.63. The van der Waals surface area contributed by atoms with E-state index < -0.39 is 11.6 Å². The van der Waals surface area contributed by atoms with E-state index in [0.717, 1.165) is 12.1 Å². The number of hydrogen-bond acceptors (Lipinski definition) is 2. The van der Waals surface area contributed by atoms with Crippen LogP contribution < -0.4 is 5.73 Å². The van der Waals surface area contributed by atoms with Gasteiger partial charge in [0.15, 0.2) is 0 Å². The summed E-state index contributed by atoms with van der Waals surface area (Å²) in [4.78, 5) is 4.13. The fraction of sp³-hybridized carbons (Fsp3) is 0.154. The van der Waals surface area contributed by atoms with E-state index in [1.165, 1.54) is 6.07 Å². The van der Waals surface area contributed by atoms with Crippen LogP contribution in [-0.2, 0) is 6.42 Å². The number of nitrogens with two attached hydrogens (primary N) is 1. The SMILES string of the molecule is CCc1nc(N)ccc1-c1cc(F)ccc1F. The van der Waals surface area contributed by atoms with E-state index in [9.17, 15) is 8.78 Å². The highest BCUT2D eigenvalue weighted by molar-refractivity contribution is 5.67. The molecule has 0 unspecified atom stereocenters. The average molecular weight is 234 g/mol. The fourth-order valence-electron chi connectivity index (χ4n) is 1.74. The van der Waals surface area contributed by atoms with Gasteiger partial charge in [0.1, 0.15) is 17.5 Å². The van der Waals surface area contributed by atoms with Crippen molar-refractivity contribution in [3.63, 3.8) is 0 Å². The number of aryl methyl sites for hydroxylation is 1. The van der Waals surface area contributed by atoms with Crippen LogP contribution in [0.2, 0.25) is 0 Å². The zero-order valence-electron chi connectivity index (χ0n) is 9.37. The molecule has 0 radical (unpaired) electrons. The lowest BCUT2D eigenvalue weighted by Crippen LogP contribution is -1.98. The molecule has 0 bridgehead atoms. The highest BCUT2D eigenvalue weighted by atomic mass is 19.1. The molecule has 2 N–H and O–H groups in total. The Morgan fingerprint density at radius 2 is 1.88 bits per heavy atom. The molecule has 1 heterocycles. The van der Waals surface area contributed by atoms with E-state index in [2.05, 4.69) is 4.98 Å². The summed E-state index contributed by atoms with van der Waals surface area (Å²) in [6.07, 6.45) is 0.607. The van der Waals surface area contributed by atoms with Gasteiger partial charge in [0.25, 0.3) is 0 Å². The van der Waals surface area contributed by atoms with Crippen molar-refractivity contribution in [2.24, 2.45) is 0 Å². The van der Waals surface area contributed by atoms with Crippen LogP contribution in [0, 0.1) is 11.6 Å². The van der Waals surface area contributed by atoms with Gasteiger partial charge < -0.3 is 5.73 Å². The molecule has 0 atom stereocenters. The maximum atomic E-state index is 13.6. The van der Waals surface area contributed by atoms with Gasteiger partial charge in [0.2, 0.25) is 0 Å². The van der Waals surface area contributed by atoms with Crippen LogP contribution in [0.4, 0.5) is 14.6 Å². The Morgan fingerprint density at radius 3 is 2.59 bits per heavy atom. The highest BCUT2D eigenvalue weighted by Gasteiger charge is 2.11. The number of hydrogen-bond donors (Lipinski definition) is 1. The summed E-state index contributed by atoms with van der Waals surface area (Å²) in [7, 11) is 0. The molecule has 88 valence electrons. The van der Waals surface area contributed by atoms with E-state index in [4.69, 9.17) is 5.73 Å². The third-order valence-corrected chi connectivity index (χ3v) is 2.55. The molecule has 0 amide bonds. The van der Waals surface area contributed by atoms with E-state index in [1.807, 2.05) is 6.92 Å². The van der Waals surface area contributed by atoms with Crippen molar-refractivity contribution >= 4 is 5.82 Å². The number of nitrogens with zero attached hydrogens (tertiary/aromatic N) is 1. The van der Waals surface area contributed by atoms with Crippen molar-refractivity contribution in [1.29, 1.82) is 0 Å². The molecule has 4 heteroatoms. The Kier molecular flexibility index (Phi) is 3.04. The summed E-state index contributed by atoms with van der Waals surface area (Å²) in [6, 6.07) is 6.62. The van der Waals surface area contributed by atoms with Crippen LogP contribution in [-0.4, -0.2) is 4.98 Å². The Morgan fingerprint density at radius 1 is 1.12 bits per heavy atom. The summed E-state index contributed by atoms with van der Waals surface area (Å²) in [5.74, 6) is -0.560. The minimum absolute atomic E-state index is 0.217. The quantitative estimate of drug-likeness (QED) is 0.866. The largest absolute Gasteiger partial charge is 0.384 e. The van der Waals surface area contributed by atoms with Gasteiger partial charge >= 0.3 is 0 Å². The Hall–Kier alpha value is -1.97. The van der Waals surface area contributed by atoms with Gasteiger partial charge in [-0.15, -0.1) is 0 Å². The second-order valence-corrected chi connectivity index (χ2v) is 3.71. The van der Waals surface area contributed by atoms with Crippen LogP contribution in [0.5, 0.6) is 0 Å². The second-order valence-electron chi connectivity index (χ2n) is 3.71. The van der Waals surface area contributed by atoms with Crippen molar-refractivity contribution in [3.05, 3.63) is 47.7 Å². The van der Waals surface area contributed by atoms with Crippen LogP contribution in [0.1, 0.15) is 12.6 Å². The van der Waals surface area contributed by atoms with Gasteiger partial charge in [-0.05, 0) is 36.8 Å². The van der Waals surface area contributed by atoms with Gasteiger partial charge in [0.05, 0.1) is 5.69 Å². The lowest BCUT2D eigenvalue weighted by Gasteiger charge is -2.09. The lowest BCUT2D eigenvalue weighted by atomic mass is 10.0. The van der Waals surface area contributed by atoms with Gasteiger partial charge in [-0.3, -0.25) is 0 Å². The molecular formula is C13H12F2N2. The predicted molar refractivity (Wildman–Crippen MR) is 63.4 cm³/mol. The van der Waals surface area contributed by atoms with Crippen LogP contribution >= 0.6 is 0 Å². The van der Waals surface area contributed by atoms with Crippen LogP contribution in [0.15, 0.2) is 30.3 Å². The molecule has 2 aromatic rings. The van der Waals surface area contributed by atoms with Crippen molar-refractivity contribution in [2.75, 3.05) is 5.73 Å². The van der Waals surface area contributed by atoms with Crippen LogP contribution in [0.3, 0.4) is 0 Å². The topological polar surface area (TPSA) is 38.9 Å². The first-order valence-corrected chi connectivity index (χ1v) is 5.32. The highest BCUT2D eigenvalue weighted by Crippen LogP contribution is 2.27. The number of benzene rings is 1. The van der Waals surface area contributed by atoms with E-state index in [0.29, 0.717) is 23.5 Å². The molecule has 0 aliphatic rings. The van der Waals surface area contributed by atoms with Crippen molar-refractivity contribution in [3.8, 4) is 11.1 Å². The van der Waals surface area contributed by atoms with Crippen molar-refractivity contribution in [2.45, 2.75) is 13.3 Å². The first-order valence-electron chi connectivity index (χ1n) is 5.32. The molecule has 0 aliphatic carbocycles. The summed E-state index contributed by atoms with van der Waals surface area (Å²) >= 11 is 0. The summed E-state index contributed by atoms with van der Waals surface area (Å²) in [5.41, 5.74) is 7.03. The van der Waals surface area contributed by atoms with E-state index in [1.54, 1.807) is 12.1 Å². The third-order valence-electron chi connectivity index (χ3n) is 2.55. The zero-order chi connectivity index (χ0) is 12.4. The van der Waals surface area contributed by atoms with Crippen molar-refractivity contribution < 1.29 is 8.78 Å². The maximum absolute atomic E-state index is 13.6. The first kappa shape index (κ1) is 11.5. The summed E-state index contributed by atoms with van der Waals surface area (Å²) < 4.78 is 26.8. The molecule has 0 spiro atoms. The first-order chi connectivity index (χ1) is 8.11. The van der Waals surface area contributed by atoms with Gasteiger partial charge in [-0.2, -0.15) is 0 Å². The third kappa shape index (κ3) is 2.25. The minimum Gasteiger partial charge on any atom is -0.384 e. The molecule has 1 aromatic heterocycles. The fourth-order valence-corrected chi connectivity index (χ4v) is 1.74. The second kappa shape index (κ2) is 4.49. The Labute approximate surface area is 98.1 Å². The van der Waals surface area contributed by atoms with Crippen molar-refractivity contribution in [1.82, 2.24) is 4.98 Å². The minimum atomic E-state index is -0.472. The predicted octanol–water partition coefficient (Wildman–Crippen LogP) is 3.17. The molecule has 0 fully saturated rings. The molecule has 0 saturated heterocycles. The number of halogens is 2. The molecule has 17 heavy (non-hydrogen) atoms. The summed E-state index contributed by atoms with van der Waals surface area (Å²) in [5, 5.41) is 0. The van der Waals surface area contributed by atoms with Crippen LogP contribution in [0.25, 0.3) is 11.1 Å². The van der Waals surface area contributed by atoms with Gasteiger partial charge in [0, 0.05) is 11.1 Å². The number of pyridine rings is 1. The molecule has 0 saturated carbocycles. The number of rotatable bonds is 2. The monoisotopic (exact) mass is 234 g/mol. The molecule has 0 aliphatic heterocycles. The maximum Gasteiger partial charge on any atom is 0.131 e. The molecule has 2 rings (SSSR count).